The molecule has 4 nitrogen and oxygen atoms in total. The molecule has 0 aliphatic heterocycles. The van der Waals surface area contributed by atoms with Crippen LogP contribution in [-0.2, 0) is 0 Å². The standard InChI is InChI=1S/C11H7BrN2O2/c12-9-3-10(6-13-5-9)16-11-2-1-8(7-15)4-14-11/h1-7H. The molecule has 0 aromatic carbocycles. The molecule has 2 rings (SSSR count). The van der Waals surface area contributed by atoms with Gasteiger partial charge in [0.25, 0.3) is 0 Å². The summed E-state index contributed by atoms with van der Waals surface area (Å²) < 4.78 is 6.27. The first-order chi connectivity index (χ1) is 7.78. The minimum absolute atomic E-state index is 0.422. The van der Waals surface area contributed by atoms with Gasteiger partial charge in [-0.2, -0.15) is 0 Å². The average molecular weight is 279 g/mol. The first-order valence-electron chi connectivity index (χ1n) is 4.47. The summed E-state index contributed by atoms with van der Waals surface area (Å²) in [6.07, 6.45) is 5.43. The first-order valence-corrected chi connectivity index (χ1v) is 5.27. The summed E-state index contributed by atoms with van der Waals surface area (Å²) in [5.41, 5.74) is 0.514. The minimum Gasteiger partial charge on any atom is -0.437 e. The van der Waals surface area contributed by atoms with Crippen molar-refractivity contribution in [3.63, 3.8) is 0 Å². The van der Waals surface area contributed by atoms with E-state index in [1.165, 1.54) is 6.20 Å². The molecule has 0 saturated heterocycles. The Morgan fingerprint density at radius 1 is 1.25 bits per heavy atom. The lowest BCUT2D eigenvalue weighted by atomic mass is 10.3. The highest BCUT2D eigenvalue weighted by atomic mass is 79.9. The van der Waals surface area contributed by atoms with Crippen molar-refractivity contribution in [1.82, 2.24) is 9.97 Å². The summed E-state index contributed by atoms with van der Waals surface area (Å²) in [6, 6.07) is 5.05. The number of hydrogen-bond donors (Lipinski definition) is 0. The van der Waals surface area contributed by atoms with Crippen molar-refractivity contribution in [1.29, 1.82) is 0 Å². The number of carbonyl (C=O) groups excluding carboxylic acids is 1. The van der Waals surface area contributed by atoms with Crippen LogP contribution in [0.1, 0.15) is 10.4 Å². The fraction of sp³-hybridized carbons (Fsp3) is 0. The predicted molar refractivity (Wildman–Crippen MR) is 61.6 cm³/mol. The number of carbonyl (C=O) groups is 1. The Labute approximate surface area is 100 Å². The van der Waals surface area contributed by atoms with Gasteiger partial charge in [-0.3, -0.25) is 9.78 Å². The van der Waals surface area contributed by atoms with Crippen molar-refractivity contribution in [3.8, 4) is 11.6 Å². The van der Waals surface area contributed by atoms with Gasteiger partial charge in [-0.05, 0) is 28.1 Å². The summed E-state index contributed by atoms with van der Waals surface area (Å²) in [4.78, 5) is 18.4. The minimum atomic E-state index is 0.422. The second-order valence-electron chi connectivity index (χ2n) is 2.99. The lowest BCUT2D eigenvalue weighted by Crippen LogP contribution is -1.89. The van der Waals surface area contributed by atoms with Crippen LogP contribution in [0.2, 0.25) is 0 Å². The second kappa shape index (κ2) is 4.85. The Hall–Kier alpha value is -1.75. The SMILES string of the molecule is O=Cc1ccc(Oc2cncc(Br)c2)nc1. The van der Waals surface area contributed by atoms with E-state index in [0.29, 0.717) is 17.2 Å². The highest BCUT2D eigenvalue weighted by Crippen LogP contribution is 2.21. The molecule has 2 aromatic rings. The van der Waals surface area contributed by atoms with Crippen LogP contribution in [-0.4, -0.2) is 16.3 Å². The number of nitrogens with zero attached hydrogens (tertiary/aromatic N) is 2. The molecule has 16 heavy (non-hydrogen) atoms. The quantitative estimate of drug-likeness (QED) is 0.811. The Balaban J connectivity index is 2.17. The molecule has 0 saturated carbocycles. The molecule has 0 spiro atoms. The van der Waals surface area contributed by atoms with Gasteiger partial charge in [0.1, 0.15) is 5.75 Å². The Morgan fingerprint density at radius 2 is 2.12 bits per heavy atom. The van der Waals surface area contributed by atoms with Crippen molar-refractivity contribution in [3.05, 3.63) is 46.8 Å². The van der Waals surface area contributed by atoms with Crippen LogP contribution in [0.3, 0.4) is 0 Å². The molecular weight excluding hydrogens is 272 g/mol. The summed E-state index contributed by atoms with van der Waals surface area (Å²) >= 11 is 3.29. The third kappa shape index (κ3) is 2.64. The fourth-order valence-corrected chi connectivity index (χ4v) is 1.43. The summed E-state index contributed by atoms with van der Waals surface area (Å²) in [7, 11) is 0. The van der Waals surface area contributed by atoms with E-state index >= 15 is 0 Å². The van der Waals surface area contributed by atoms with Crippen LogP contribution in [0.4, 0.5) is 0 Å². The topological polar surface area (TPSA) is 52.1 Å². The Morgan fingerprint density at radius 3 is 2.75 bits per heavy atom. The molecule has 2 heterocycles. The summed E-state index contributed by atoms with van der Waals surface area (Å²) in [6.45, 7) is 0. The molecule has 0 bridgehead atoms. The molecule has 5 heteroatoms. The number of rotatable bonds is 3. The highest BCUT2D eigenvalue weighted by molar-refractivity contribution is 9.10. The van der Waals surface area contributed by atoms with Gasteiger partial charge in [0, 0.05) is 28.5 Å². The van der Waals surface area contributed by atoms with Gasteiger partial charge in [-0.1, -0.05) is 0 Å². The molecule has 0 aliphatic rings. The number of aldehydes is 1. The van der Waals surface area contributed by atoms with Crippen LogP contribution >= 0.6 is 15.9 Å². The van der Waals surface area contributed by atoms with Gasteiger partial charge in [0.2, 0.25) is 5.88 Å². The van der Waals surface area contributed by atoms with E-state index in [9.17, 15) is 4.79 Å². The summed E-state index contributed by atoms with van der Waals surface area (Å²) in [5.74, 6) is 1.01. The zero-order chi connectivity index (χ0) is 11.4. The van der Waals surface area contributed by atoms with Gasteiger partial charge in [-0.15, -0.1) is 0 Å². The second-order valence-corrected chi connectivity index (χ2v) is 3.90. The number of hydrogen-bond acceptors (Lipinski definition) is 4. The Kier molecular flexibility index (Phi) is 3.26. The zero-order valence-corrected chi connectivity index (χ0v) is 9.72. The van der Waals surface area contributed by atoms with Crippen LogP contribution in [0.5, 0.6) is 11.6 Å². The maximum Gasteiger partial charge on any atom is 0.219 e. The van der Waals surface area contributed by atoms with Crippen molar-refractivity contribution in [2.24, 2.45) is 0 Å². The molecule has 0 amide bonds. The molecule has 80 valence electrons. The van der Waals surface area contributed by atoms with Gasteiger partial charge < -0.3 is 4.74 Å². The Bertz CT molecular complexity index is 500. The largest absolute Gasteiger partial charge is 0.437 e. The molecular formula is C11H7BrN2O2. The van der Waals surface area contributed by atoms with Crippen LogP contribution in [0, 0.1) is 0 Å². The van der Waals surface area contributed by atoms with Crippen molar-refractivity contribution in [2.75, 3.05) is 0 Å². The third-order valence-corrected chi connectivity index (χ3v) is 2.23. The molecule has 2 aromatic heterocycles. The average Bonchev–Trinajstić information content (AvgIpc) is 2.30. The van der Waals surface area contributed by atoms with E-state index in [2.05, 4.69) is 25.9 Å². The third-order valence-electron chi connectivity index (χ3n) is 1.80. The molecule has 0 radical (unpaired) electrons. The van der Waals surface area contributed by atoms with Crippen LogP contribution < -0.4 is 4.74 Å². The maximum atomic E-state index is 10.4. The lowest BCUT2D eigenvalue weighted by Gasteiger charge is -2.03. The van der Waals surface area contributed by atoms with E-state index in [1.54, 1.807) is 30.6 Å². The number of aromatic nitrogens is 2. The highest BCUT2D eigenvalue weighted by Gasteiger charge is 1.99. The maximum absolute atomic E-state index is 10.4. The van der Waals surface area contributed by atoms with Crippen LogP contribution in [0.25, 0.3) is 0 Å². The van der Waals surface area contributed by atoms with Crippen molar-refractivity contribution >= 4 is 22.2 Å². The molecule has 0 atom stereocenters. The molecule has 0 unspecified atom stereocenters. The molecule has 0 N–H and O–H groups in total. The van der Waals surface area contributed by atoms with E-state index in [-0.39, 0.29) is 0 Å². The normalized spacial score (nSPS) is 9.81. The lowest BCUT2D eigenvalue weighted by molar-refractivity contribution is 0.112. The monoisotopic (exact) mass is 278 g/mol. The van der Waals surface area contributed by atoms with Gasteiger partial charge in [0.05, 0.1) is 6.20 Å². The zero-order valence-electron chi connectivity index (χ0n) is 8.13. The van der Waals surface area contributed by atoms with E-state index in [1.807, 2.05) is 0 Å². The predicted octanol–water partition coefficient (Wildman–Crippen LogP) is 2.84. The molecule has 0 aliphatic carbocycles. The fourth-order valence-electron chi connectivity index (χ4n) is 1.09. The number of ether oxygens (including phenoxy) is 1. The smallest absolute Gasteiger partial charge is 0.219 e. The first kappa shape index (κ1) is 10.8. The number of halogens is 1. The summed E-state index contributed by atoms with van der Waals surface area (Å²) in [5, 5.41) is 0. The number of pyridine rings is 2. The van der Waals surface area contributed by atoms with Crippen molar-refractivity contribution < 1.29 is 9.53 Å². The van der Waals surface area contributed by atoms with Crippen molar-refractivity contribution in [2.45, 2.75) is 0 Å². The van der Waals surface area contributed by atoms with Gasteiger partial charge in [-0.25, -0.2) is 4.98 Å². The van der Waals surface area contributed by atoms with Gasteiger partial charge in [0.15, 0.2) is 6.29 Å². The van der Waals surface area contributed by atoms with Gasteiger partial charge >= 0.3 is 0 Å². The van der Waals surface area contributed by atoms with E-state index < -0.39 is 0 Å². The van der Waals surface area contributed by atoms with E-state index in [0.717, 1.165) is 10.8 Å². The van der Waals surface area contributed by atoms with Crippen LogP contribution in [0.15, 0.2) is 41.3 Å². The molecule has 0 fully saturated rings. The van der Waals surface area contributed by atoms with E-state index in [4.69, 9.17) is 4.74 Å².